The normalized spacial score (nSPS) is 17.4. The van der Waals surface area contributed by atoms with Gasteiger partial charge in [0.1, 0.15) is 17.5 Å². The van der Waals surface area contributed by atoms with E-state index in [4.69, 9.17) is 21.1 Å². The van der Waals surface area contributed by atoms with E-state index in [0.29, 0.717) is 6.54 Å². The predicted molar refractivity (Wildman–Crippen MR) is 110 cm³/mol. The van der Waals surface area contributed by atoms with E-state index in [0.717, 1.165) is 47.0 Å². The number of rotatable bonds is 7. The molecule has 1 saturated heterocycles. The highest BCUT2D eigenvalue weighted by Crippen LogP contribution is 2.38. The molecular formula is C22H28ClN2O3+. The summed E-state index contributed by atoms with van der Waals surface area (Å²) in [5, 5.41) is 2.78. The summed E-state index contributed by atoms with van der Waals surface area (Å²) < 4.78 is 10.9. The standard InChI is InChI=1S/C22H27ClN2O3/c1-15(17-7-4-5-8-19(17)23)24-14-22(26)25-12-6-9-20(25)18-13-16(27-2)10-11-21(18)28-3/h4-5,7-8,10-11,13,15,20,24H,6,9,12,14H2,1-3H3/p+1/t15-,20+/m1/s1. The van der Waals surface area contributed by atoms with Crippen LogP contribution in [-0.4, -0.2) is 38.1 Å². The Morgan fingerprint density at radius 1 is 1.25 bits per heavy atom. The van der Waals surface area contributed by atoms with Crippen molar-refractivity contribution >= 4 is 17.5 Å². The second-order valence-electron chi connectivity index (χ2n) is 7.10. The Morgan fingerprint density at radius 3 is 2.75 bits per heavy atom. The highest BCUT2D eigenvalue weighted by molar-refractivity contribution is 6.31. The van der Waals surface area contributed by atoms with E-state index in [1.165, 1.54) is 0 Å². The Balaban J connectivity index is 1.71. The van der Waals surface area contributed by atoms with Crippen molar-refractivity contribution in [3.8, 4) is 11.5 Å². The molecule has 28 heavy (non-hydrogen) atoms. The Labute approximate surface area is 171 Å². The van der Waals surface area contributed by atoms with Crippen molar-refractivity contribution in [2.45, 2.75) is 31.8 Å². The van der Waals surface area contributed by atoms with Gasteiger partial charge in [-0.25, -0.2) is 0 Å². The maximum absolute atomic E-state index is 13.0. The molecule has 1 amide bonds. The molecule has 2 atom stereocenters. The van der Waals surface area contributed by atoms with E-state index in [1.54, 1.807) is 14.2 Å². The summed E-state index contributed by atoms with van der Waals surface area (Å²) >= 11 is 6.29. The third-order valence-electron chi connectivity index (χ3n) is 5.41. The number of methoxy groups -OCH3 is 2. The van der Waals surface area contributed by atoms with Gasteiger partial charge in [-0.3, -0.25) is 4.79 Å². The van der Waals surface area contributed by atoms with Crippen LogP contribution in [-0.2, 0) is 4.79 Å². The number of halogens is 1. The molecule has 0 saturated carbocycles. The summed E-state index contributed by atoms with van der Waals surface area (Å²) in [6, 6.07) is 13.7. The molecule has 2 aromatic carbocycles. The maximum Gasteiger partial charge on any atom is 0.278 e. The number of amides is 1. The van der Waals surface area contributed by atoms with Crippen molar-refractivity contribution in [2.75, 3.05) is 27.3 Å². The zero-order valence-electron chi connectivity index (χ0n) is 16.7. The summed E-state index contributed by atoms with van der Waals surface area (Å²) in [6.45, 7) is 3.22. The van der Waals surface area contributed by atoms with Gasteiger partial charge in [-0.2, -0.15) is 0 Å². The first-order valence-corrected chi connectivity index (χ1v) is 10.0. The first-order chi connectivity index (χ1) is 13.5. The minimum Gasteiger partial charge on any atom is -0.497 e. The number of carbonyl (C=O) groups excluding carboxylic acids is 1. The average molecular weight is 404 g/mol. The average Bonchev–Trinajstić information content (AvgIpc) is 3.21. The molecule has 0 aliphatic carbocycles. The lowest BCUT2D eigenvalue weighted by Gasteiger charge is -2.26. The van der Waals surface area contributed by atoms with Crippen LogP contribution < -0.4 is 14.8 Å². The van der Waals surface area contributed by atoms with E-state index < -0.39 is 0 Å². The third-order valence-corrected chi connectivity index (χ3v) is 5.76. The number of ether oxygens (including phenoxy) is 2. The monoisotopic (exact) mass is 403 g/mol. The molecule has 3 rings (SSSR count). The number of carbonyl (C=O) groups is 1. The number of hydrogen-bond acceptors (Lipinski definition) is 3. The number of hydrogen-bond donors (Lipinski definition) is 1. The lowest BCUT2D eigenvalue weighted by molar-refractivity contribution is -0.683. The van der Waals surface area contributed by atoms with Gasteiger partial charge in [0.2, 0.25) is 0 Å². The lowest BCUT2D eigenvalue weighted by atomic mass is 10.0. The molecule has 0 radical (unpaired) electrons. The van der Waals surface area contributed by atoms with Crippen molar-refractivity contribution in [1.29, 1.82) is 0 Å². The van der Waals surface area contributed by atoms with Crippen molar-refractivity contribution in [3.63, 3.8) is 0 Å². The Bertz CT molecular complexity index is 827. The molecule has 0 bridgehead atoms. The largest absolute Gasteiger partial charge is 0.497 e. The van der Waals surface area contributed by atoms with E-state index in [9.17, 15) is 4.79 Å². The Morgan fingerprint density at radius 2 is 2.04 bits per heavy atom. The van der Waals surface area contributed by atoms with E-state index in [-0.39, 0.29) is 18.0 Å². The molecule has 1 fully saturated rings. The van der Waals surface area contributed by atoms with Gasteiger partial charge >= 0.3 is 0 Å². The van der Waals surface area contributed by atoms with Crippen LogP contribution in [0.25, 0.3) is 0 Å². The van der Waals surface area contributed by atoms with Crippen LogP contribution >= 0.6 is 11.6 Å². The van der Waals surface area contributed by atoms with Gasteiger partial charge in [-0.15, -0.1) is 0 Å². The minimum atomic E-state index is 0.0153. The molecule has 1 aliphatic heterocycles. The molecular weight excluding hydrogens is 376 g/mol. The third kappa shape index (κ3) is 4.42. The predicted octanol–water partition coefficient (Wildman–Crippen LogP) is 3.35. The van der Waals surface area contributed by atoms with Gasteiger partial charge in [0, 0.05) is 22.7 Å². The van der Waals surface area contributed by atoms with Crippen molar-refractivity contribution in [3.05, 3.63) is 58.6 Å². The SMILES string of the molecule is COc1ccc(OC)c([C@@H]2CCCN2C(=O)C[NH2+][C@H](C)c2ccccc2Cl)c1. The fraction of sp³-hybridized carbons (Fsp3) is 0.409. The Hall–Kier alpha value is -2.24. The van der Waals surface area contributed by atoms with E-state index in [1.807, 2.05) is 52.7 Å². The molecule has 2 aromatic rings. The first-order valence-electron chi connectivity index (χ1n) is 9.64. The van der Waals surface area contributed by atoms with Crippen LogP contribution in [0.4, 0.5) is 0 Å². The summed E-state index contributed by atoms with van der Waals surface area (Å²) in [5.41, 5.74) is 2.05. The van der Waals surface area contributed by atoms with Gasteiger partial charge in [-0.1, -0.05) is 29.8 Å². The molecule has 1 aliphatic rings. The summed E-state index contributed by atoms with van der Waals surface area (Å²) in [4.78, 5) is 15.0. The fourth-order valence-corrected chi connectivity index (χ4v) is 4.16. The van der Waals surface area contributed by atoms with Gasteiger partial charge in [0.15, 0.2) is 6.54 Å². The van der Waals surface area contributed by atoms with Gasteiger partial charge < -0.3 is 19.7 Å². The first kappa shape index (κ1) is 20.5. The smallest absolute Gasteiger partial charge is 0.278 e. The van der Waals surface area contributed by atoms with Crippen LogP contribution in [0.3, 0.4) is 0 Å². The summed E-state index contributed by atoms with van der Waals surface area (Å²) in [5.74, 6) is 1.69. The van der Waals surface area contributed by atoms with Gasteiger partial charge in [0.25, 0.3) is 5.91 Å². The van der Waals surface area contributed by atoms with Crippen molar-refractivity contribution < 1.29 is 19.6 Å². The Kier molecular flexibility index (Phi) is 6.81. The molecule has 1 heterocycles. The molecule has 150 valence electrons. The van der Waals surface area contributed by atoms with Crippen molar-refractivity contribution in [2.24, 2.45) is 0 Å². The number of nitrogens with two attached hydrogens (primary N) is 1. The van der Waals surface area contributed by atoms with Crippen LogP contribution in [0.2, 0.25) is 5.02 Å². The summed E-state index contributed by atoms with van der Waals surface area (Å²) in [7, 11) is 3.31. The number of benzene rings is 2. The topological polar surface area (TPSA) is 55.4 Å². The van der Waals surface area contributed by atoms with Crippen LogP contribution in [0.1, 0.15) is 43.0 Å². The van der Waals surface area contributed by atoms with Crippen LogP contribution in [0, 0.1) is 0 Å². The number of nitrogens with zero attached hydrogens (tertiary/aromatic N) is 1. The molecule has 0 spiro atoms. The molecule has 6 heteroatoms. The zero-order valence-corrected chi connectivity index (χ0v) is 17.4. The highest BCUT2D eigenvalue weighted by Gasteiger charge is 2.33. The highest BCUT2D eigenvalue weighted by atomic mass is 35.5. The molecule has 0 aromatic heterocycles. The molecule has 2 N–H and O–H groups in total. The quantitative estimate of drug-likeness (QED) is 0.771. The second kappa shape index (κ2) is 9.30. The van der Waals surface area contributed by atoms with Crippen LogP contribution in [0.5, 0.6) is 11.5 Å². The van der Waals surface area contributed by atoms with Gasteiger partial charge in [0.05, 0.1) is 20.3 Å². The molecule has 0 unspecified atom stereocenters. The second-order valence-corrected chi connectivity index (χ2v) is 7.51. The minimum absolute atomic E-state index is 0.0153. The number of quaternary nitrogens is 1. The maximum atomic E-state index is 13.0. The number of likely N-dealkylation sites (tertiary alicyclic amines) is 1. The van der Waals surface area contributed by atoms with E-state index in [2.05, 4.69) is 6.92 Å². The zero-order chi connectivity index (χ0) is 20.1. The fourth-order valence-electron chi connectivity index (χ4n) is 3.85. The van der Waals surface area contributed by atoms with Crippen molar-refractivity contribution in [1.82, 2.24) is 4.90 Å². The van der Waals surface area contributed by atoms with Gasteiger partial charge in [-0.05, 0) is 44.0 Å². The lowest BCUT2D eigenvalue weighted by Crippen LogP contribution is -2.87. The summed E-state index contributed by atoms with van der Waals surface area (Å²) in [6.07, 6.45) is 1.91. The molecule has 5 nitrogen and oxygen atoms in total. The van der Waals surface area contributed by atoms with E-state index >= 15 is 0 Å². The van der Waals surface area contributed by atoms with Crippen LogP contribution in [0.15, 0.2) is 42.5 Å².